The van der Waals surface area contributed by atoms with Crippen LogP contribution < -0.4 is 14.8 Å². The third-order valence-electron chi connectivity index (χ3n) is 10.2. The first-order valence-corrected chi connectivity index (χ1v) is 17.2. The van der Waals surface area contributed by atoms with Crippen molar-refractivity contribution in [3.63, 3.8) is 0 Å². The van der Waals surface area contributed by atoms with Gasteiger partial charge in [-0.2, -0.15) is 4.39 Å². The first-order valence-electron chi connectivity index (χ1n) is 17.2. The molecule has 20 heteroatoms. The van der Waals surface area contributed by atoms with E-state index < -0.39 is 188 Å². The van der Waals surface area contributed by atoms with Crippen molar-refractivity contribution in [2.24, 2.45) is 0 Å². The maximum atomic E-state index is 16.4. The summed E-state index contributed by atoms with van der Waals surface area (Å²) in [6.45, 7) is 0. The van der Waals surface area contributed by atoms with Crippen molar-refractivity contribution in [1.29, 1.82) is 0 Å². The van der Waals surface area contributed by atoms with Crippen LogP contribution in [0.25, 0.3) is 65.0 Å². The lowest BCUT2D eigenvalue weighted by Crippen LogP contribution is -2.46. The Kier molecular flexibility index (Phi) is 9.15. The summed E-state index contributed by atoms with van der Waals surface area (Å²) in [7, 11) is -3.21. The van der Waals surface area contributed by atoms with Gasteiger partial charge in [-0.1, -0.05) is 30.3 Å². The van der Waals surface area contributed by atoms with Gasteiger partial charge in [0, 0.05) is 28.0 Å². The summed E-state index contributed by atoms with van der Waals surface area (Å²) in [6, 6.07) is 7.54. The number of rotatable bonds is 6. The van der Waals surface area contributed by atoms with Gasteiger partial charge in [-0.3, -0.25) is 0 Å². The van der Waals surface area contributed by atoms with Crippen LogP contribution in [0.4, 0.5) is 74.6 Å². The molecule has 0 amide bonds. The monoisotopic (exact) mass is 880 g/mol. The standard InChI is InChI=1S/C42H10BF17O2/c44-12-9-14(28(47)17(46)10-12)13-5-1-2-7-18(13)61-43(27-15-8-11-4-3-6-16(45)19(11)29(48)20(15)30(49)40(59)38(27)57)62-42-26-22-21-23(31(50)32(51)25(22)36(55)41(42)60)34(53)39(58)35(54)24(21)33(52)37(26)56/h1-10H. The van der Waals surface area contributed by atoms with E-state index in [1.807, 2.05) is 0 Å². The Bertz CT molecular complexity index is 3440. The minimum Gasteiger partial charge on any atom is -0.521 e. The predicted octanol–water partition coefficient (Wildman–Crippen LogP) is 12.8. The van der Waals surface area contributed by atoms with Gasteiger partial charge in [0.05, 0.1) is 37.8 Å². The fourth-order valence-electron chi connectivity index (χ4n) is 7.58. The van der Waals surface area contributed by atoms with Crippen molar-refractivity contribution in [2.75, 3.05) is 0 Å². The van der Waals surface area contributed by atoms with Gasteiger partial charge >= 0.3 is 7.12 Å². The molecule has 9 aromatic rings. The zero-order valence-corrected chi connectivity index (χ0v) is 29.6. The fraction of sp³-hybridized carbons (Fsp3) is 0. The van der Waals surface area contributed by atoms with E-state index in [1.165, 1.54) is 0 Å². The molecule has 0 fully saturated rings. The Balaban J connectivity index is 1.42. The molecule has 0 aliphatic heterocycles. The van der Waals surface area contributed by atoms with Crippen LogP contribution in [-0.2, 0) is 0 Å². The van der Waals surface area contributed by atoms with Gasteiger partial charge in [-0.15, -0.1) is 0 Å². The van der Waals surface area contributed by atoms with Gasteiger partial charge in [0.25, 0.3) is 0 Å². The number of hydrogen-bond donors (Lipinski definition) is 0. The normalized spacial score (nSPS) is 12.0. The van der Waals surface area contributed by atoms with Gasteiger partial charge < -0.3 is 9.31 Å². The number of fused-ring (bicyclic) bond motifs is 2. The van der Waals surface area contributed by atoms with Crippen LogP contribution in [0.1, 0.15) is 0 Å². The third-order valence-corrected chi connectivity index (χ3v) is 10.2. The second-order valence-corrected chi connectivity index (χ2v) is 13.5. The minimum atomic E-state index is -3.21. The van der Waals surface area contributed by atoms with E-state index in [1.54, 1.807) is 0 Å². The molecular weight excluding hydrogens is 870 g/mol. The van der Waals surface area contributed by atoms with Crippen LogP contribution in [0.5, 0.6) is 11.5 Å². The Morgan fingerprint density at radius 2 is 0.871 bits per heavy atom. The summed E-state index contributed by atoms with van der Waals surface area (Å²) in [5, 5.41) is -15.4. The lowest BCUT2D eigenvalue weighted by atomic mass is 9.74. The van der Waals surface area contributed by atoms with Crippen LogP contribution in [0, 0.1) is 98.9 Å². The lowest BCUT2D eigenvalue weighted by Gasteiger charge is -2.24. The van der Waals surface area contributed by atoms with E-state index in [-0.39, 0.29) is 6.07 Å². The molecule has 0 saturated carbocycles. The van der Waals surface area contributed by atoms with Gasteiger partial charge in [0.15, 0.2) is 87.2 Å². The Hall–Kier alpha value is -6.99. The molecule has 0 bridgehead atoms. The molecule has 9 aromatic carbocycles. The Morgan fingerprint density at radius 3 is 1.52 bits per heavy atom. The second kappa shape index (κ2) is 14.0. The molecule has 2 nitrogen and oxygen atoms in total. The summed E-state index contributed by atoms with van der Waals surface area (Å²) in [4.78, 5) is 0. The number of para-hydroxylation sites is 1. The van der Waals surface area contributed by atoms with E-state index in [0.29, 0.717) is 18.2 Å². The maximum Gasteiger partial charge on any atom is 0.636 e. The molecule has 0 aromatic heterocycles. The molecule has 0 unspecified atom stereocenters. The zero-order chi connectivity index (χ0) is 44.5. The van der Waals surface area contributed by atoms with Crippen molar-refractivity contribution in [1.82, 2.24) is 0 Å². The molecular formula is C42H10BF17O2. The Morgan fingerprint density at radius 1 is 0.339 bits per heavy atom. The fourth-order valence-corrected chi connectivity index (χ4v) is 7.58. The van der Waals surface area contributed by atoms with E-state index in [9.17, 15) is 17.6 Å². The summed E-state index contributed by atoms with van der Waals surface area (Å²) in [5.41, 5.74) is -3.32. The molecule has 0 heterocycles. The zero-order valence-electron chi connectivity index (χ0n) is 29.6. The van der Waals surface area contributed by atoms with Crippen LogP contribution >= 0.6 is 0 Å². The molecule has 0 spiro atoms. The van der Waals surface area contributed by atoms with E-state index >= 15 is 57.1 Å². The third kappa shape index (κ3) is 5.46. The SMILES string of the molecule is Fc1cc(F)c(F)c(-c2ccccc2OB(Oc2c(F)c(F)c3c(F)c(F)c4c(F)c(F)c(F)c5c(F)c(F)c2c3c45)c2c(F)c(F)c(F)c3c(F)c4c(F)cccc4cc23)c1. The topological polar surface area (TPSA) is 18.5 Å². The summed E-state index contributed by atoms with van der Waals surface area (Å²) < 4.78 is 274. The minimum absolute atomic E-state index is 0.110. The highest BCUT2D eigenvalue weighted by molar-refractivity contribution is 6.66. The van der Waals surface area contributed by atoms with Gasteiger partial charge in [0.1, 0.15) is 23.2 Å². The largest absolute Gasteiger partial charge is 0.636 e. The molecule has 0 atom stereocenters. The van der Waals surface area contributed by atoms with E-state index in [2.05, 4.69) is 0 Å². The average molecular weight is 880 g/mol. The average Bonchev–Trinajstić information content (AvgIpc) is 3.23. The van der Waals surface area contributed by atoms with Crippen LogP contribution in [0.15, 0.2) is 60.7 Å². The number of benzene rings is 9. The second-order valence-electron chi connectivity index (χ2n) is 13.5. The molecule has 312 valence electrons. The first-order chi connectivity index (χ1) is 29.4. The summed E-state index contributed by atoms with van der Waals surface area (Å²) in [6.07, 6.45) is 0. The maximum absolute atomic E-state index is 16.4. The Labute approximate surface area is 332 Å². The van der Waals surface area contributed by atoms with Crippen molar-refractivity contribution < 1.29 is 83.9 Å². The molecule has 0 radical (unpaired) electrons. The molecule has 0 saturated heterocycles. The summed E-state index contributed by atoms with van der Waals surface area (Å²) >= 11 is 0. The van der Waals surface area contributed by atoms with Crippen LogP contribution in [0.3, 0.4) is 0 Å². The molecule has 0 N–H and O–H groups in total. The quantitative estimate of drug-likeness (QED) is 0.0414. The van der Waals surface area contributed by atoms with E-state index in [4.69, 9.17) is 9.31 Å². The molecule has 0 aliphatic rings. The van der Waals surface area contributed by atoms with Crippen molar-refractivity contribution in [3.05, 3.63) is 160 Å². The highest BCUT2D eigenvalue weighted by atomic mass is 19.2. The highest BCUT2D eigenvalue weighted by Gasteiger charge is 2.42. The van der Waals surface area contributed by atoms with E-state index in [0.717, 1.165) is 36.4 Å². The summed E-state index contributed by atoms with van der Waals surface area (Å²) in [5.74, 6) is -42.0. The molecule has 0 aliphatic carbocycles. The molecule has 62 heavy (non-hydrogen) atoms. The van der Waals surface area contributed by atoms with Crippen molar-refractivity contribution in [3.8, 4) is 22.6 Å². The van der Waals surface area contributed by atoms with Gasteiger partial charge in [-0.25, -0.2) is 70.2 Å². The van der Waals surface area contributed by atoms with Crippen molar-refractivity contribution >= 4 is 66.4 Å². The lowest BCUT2D eigenvalue weighted by molar-refractivity contribution is 0.403. The van der Waals surface area contributed by atoms with Crippen LogP contribution in [-0.4, -0.2) is 7.12 Å². The van der Waals surface area contributed by atoms with Gasteiger partial charge in [-0.05, 0) is 35.0 Å². The first kappa shape index (κ1) is 40.4. The smallest absolute Gasteiger partial charge is 0.521 e. The highest BCUT2D eigenvalue weighted by Crippen LogP contribution is 2.49. The number of halogens is 17. The number of hydrogen-bond acceptors (Lipinski definition) is 2. The van der Waals surface area contributed by atoms with Gasteiger partial charge in [0.2, 0.25) is 0 Å². The predicted molar refractivity (Wildman–Crippen MR) is 189 cm³/mol. The molecule has 9 rings (SSSR count). The van der Waals surface area contributed by atoms with Crippen molar-refractivity contribution in [2.45, 2.75) is 0 Å². The van der Waals surface area contributed by atoms with Crippen LogP contribution in [0.2, 0.25) is 0 Å².